The van der Waals surface area contributed by atoms with Crippen molar-refractivity contribution < 1.29 is 0 Å². The number of hydrogen-bond acceptors (Lipinski definition) is 2. The van der Waals surface area contributed by atoms with E-state index in [9.17, 15) is 0 Å². The highest BCUT2D eigenvalue weighted by Crippen LogP contribution is 2.26. The lowest BCUT2D eigenvalue weighted by Gasteiger charge is -2.31. The van der Waals surface area contributed by atoms with Crippen LogP contribution in [-0.2, 0) is 6.42 Å². The van der Waals surface area contributed by atoms with E-state index >= 15 is 0 Å². The molecule has 0 amide bonds. The van der Waals surface area contributed by atoms with Gasteiger partial charge in [0.1, 0.15) is 0 Å². The van der Waals surface area contributed by atoms with Crippen LogP contribution in [-0.4, -0.2) is 17.6 Å². The van der Waals surface area contributed by atoms with E-state index in [0.29, 0.717) is 0 Å². The molecule has 0 saturated heterocycles. The summed E-state index contributed by atoms with van der Waals surface area (Å²) in [5.41, 5.74) is 1.20. The molecular weight excluding hydrogens is 208 g/mol. The van der Waals surface area contributed by atoms with Gasteiger partial charge < -0.3 is 5.32 Å². The molecule has 2 heteroatoms. The summed E-state index contributed by atoms with van der Waals surface area (Å²) in [5.74, 6) is 0.896. The smallest absolute Gasteiger partial charge is 0.0416 e. The quantitative estimate of drug-likeness (QED) is 0.843. The SMILES string of the molecule is CCC1CCCCC1NCCc1ccccn1. The van der Waals surface area contributed by atoms with Crippen molar-refractivity contribution in [3.05, 3.63) is 30.1 Å². The van der Waals surface area contributed by atoms with E-state index in [1.54, 1.807) is 0 Å². The summed E-state index contributed by atoms with van der Waals surface area (Å²) >= 11 is 0. The zero-order valence-corrected chi connectivity index (χ0v) is 10.9. The maximum Gasteiger partial charge on any atom is 0.0416 e. The summed E-state index contributed by atoms with van der Waals surface area (Å²) in [6.45, 7) is 3.39. The number of aromatic nitrogens is 1. The number of nitrogens with one attached hydrogen (secondary N) is 1. The summed E-state index contributed by atoms with van der Waals surface area (Å²) in [7, 11) is 0. The van der Waals surface area contributed by atoms with Crippen LogP contribution >= 0.6 is 0 Å². The third-order valence-corrected chi connectivity index (χ3v) is 3.95. The number of rotatable bonds is 5. The van der Waals surface area contributed by atoms with Gasteiger partial charge in [-0.15, -0.1) is 0 Å². The van der Waals surface area contributed by atoms with Crippen LogP contribution in [0.5, 0.6) is 0 Å². The van der Waals surface area contributed by atoms with Gasteiger partial charge in [-0.25, -0.2) is 0 Å². The Labute approximate surface area is 105 Å². The third kappa shape index (κ3) is 3.81. The van der Waals surface area contributed by atoms with E-state index in [0.717, 1.165) is 24.9 Å². The molecule has 0 aromatic carbocycles. The van der Waals surface area contributed by atoms with Crippen molar-refractivity contribution in [2.75, 3.05) is 6.54 Å². The largest absolute Gasteiger partial charge is 0.313 e. The lowest BCUT2D eigenvalue weighted by atomic mass is 9.83. The second kappa shape index (κ2) is 6.75. The van der Waals surface area contributed by atoms with Gasteiger partial charge in [0.05, 0.1) is 0 Å². The van der Waals surface area contributed by atoms with Crippen molar-refractivity contribution in [1.29, 1.82) is 0 Å². The Balaban J connectivity index is 1.74. The molecule has 17 heavy (non-hydrogen) atoms. The maximum atomic E-state index is 4.36. The molecule has 1 heterocycles. The zero-order valence-electron chi connectivity index (χ0n) is 10.9. The molecular formula is C15H24N2. The van der Waals surface area contributed by atoms with Gasteiger partial charge in [-0.1, -0.05) is 32.3 Å². The summed E-state index contributed by atoms with van der Waals surface area (Å²) in [6, 6.07) is 6.90. The first-order chi connectivity index (χ1) is 8.40. The van der Waals surface area contributed by atoms with Crippen molar-refractivity contribution in [1.82, 2.24) is 10.3 Å². The van der Waals surface area contributed by atoms with Crippen LogP contribution in [0.4, 0.5) is 0 Å². The molecule has 1 saturated carbocycles. The molecule has 94 valence electrons. The molecule has 1 aliphatic carbocycles. The molecule has 2 atom stereocenters. The second-order valence-electron chi connectivity index (χ2n) is 5.08. The van der Waals surface area contributed by atoms with Crippen LogP contribution in [0.3, 0.4) is 0 Å². The second-order valence-corrected chi connectivity index (χ2v) is 5.08. The highest BCUT2D eigenvalue weighted by atomic mass is 14.9. The topological polar surface area (TPSA) is 24.9 Å². The molecule has 0 spiro atoms. The van der Waals surface area contributed by atoms with Crippen molar-refractivity contribution >= 4 is 0 Å². The Morgan fingerprint density at radius 1 is 1.29 bits per heavy atom. The predicted octanol–water partition coefficient (Wildman–Crippen LogP) is 3.18. The molecule has 0 aliphatic heterocycles. The fourth-order valence-electron chi connectivity index (χ4n) is 2.90. The normalized spacial score (nSPS) is 24.8. The summed E-state index contributed by atoms with van der Waals surface area (Å²) in [4.78, 5) is 4.36. The third-order valence-electron chi connectivity index (χ3n) is 3.95. The van der Waals surface area contributed by atoms with Crippen molar-refractivity contribution in [2.24, 2.45) is 5.92 Å². The maximum absolute atomic E-state index is 4.36. The summed E-state index contributed by atoms with van der Waals surface area (Å²) in [5, 5.41) is 3.73. The minimum Gasteiger partial charge on any atom is -0.313 e. The molecule has 1 aromatic rings. The lowest BCUT2D eigenvalue weighted by Crippen LogP contribution is -2.39. The van der Waals surface area contributed by atoms with Crippen LogP contribution < -0.4 is 5.32 Å². The van der Waals surface area contributed by atoms with Crippen molar-refractivity contribution in [3.63, 3.8) is 0 Å². The highest BCUT2D eigenvalue weighted by molar-refractivity contribution is 5.03. The zero-order chi connectivity index (χ0) is 11.9. The molecule has 1 fully saturated rings. The fraction of sp³-hybridized carbons (Fsp3) is 0.667. The minimum atomic E-state index is 0.748. The molecule has 1 aromatic heterocycles. The standard InChI is InChI=1S/C15H24N2/c1-2-13-7-3-4-9-15(13)17-12-10-14-8-5-6-11-16-14/h5-6,8,11,13,15,17H,2-4,7,9-10,12H2,1H3. The molecule has 0 bridgehead atoms. The van der Waals surface area contributed by atoms with Gasteiger partial charge in [0.25, 0.3) is 0 Å². The van der Waals surface area contributed by atoms with Crippen molar-refractivity contribution in [3.8, 4) is 0 Å². The fourth-order valence-corrected chi connectivity index (χ4v) is 2.90. The van der Waals surface area contributed by atoms with Crippen LogP contribution in [0.15, 0.2) is 24.4 Å². The summed E-state index contributed by atoms with van der Waals surface area (Å²) < 4.78 is 0. The lowest BCUT2D eigenvalue weighted by molar-refractivity contribution is 0.257. The number of pyridine rings is 1. The van der Waals surface area contributed by atoms with E-state index in [4.69, 9.17) is 0 Å². The predicted molar refractivity (Wildman–Crippen MR) is 72.0 cm³/mol. The average Bonchev–Trinajstić information content (AvgIpc) is 2.40. The Morgan fingerprint density at radius 3 is 2.94 bits per heavy atom. The highest BCUT2D eigenvalue weighted by Gasteiger charge is 2.22. The van der Waals surface area contributed by atoms with E-state index in [2.05, 4.69) is 29.4 Å². The van der Waals surface area contributed by atoms with Gasteiger partial charge in [0, 0.05) is 30.9 Å². The Kier molecular flexibility index (Phi) is 4.99. The van der Waals surface area contributed by atoms with Gasteiger partial charge in [0.15, 0.2) is 0 Å². The van der Waals surface area contributed by atoms with E-state index in [1.165, 1.54) is 37.8 Å². The van der Waals surface area contributed by atoms with E-state index < -0.39 is 0 Å². The average molecular weight is 232 g/mol. The van der Waals surface area contributed by atoms with Gasteiger partial charge in [-0.2, -0.15) is 0 Å². The minimum absolute atomic E-state index is 0.748. The number of nitrogens with zero attached hydrogens (tertiary/aromatic N) is 1. The van der Waals surface area contributed by atoms with Gasteiger partial charge in [-0.3, -0.25) is 4.98 Å². The van der Waals surface area contributed by atoms with Crippen LogP contribution in [0.2, 0.25) is 0 Å². The Morgan fingerprint density at radius 2 is 2.18 bits per heavy atom. The first-order valence-electron chi connectivity index (χ1n) is 7.03. The molecule has 2 rings (SSSR count). The van der Waals surface area contributed by atoms with E-state index in [1.807, 2.05) is 12.3 Å². The molecule has 1 aliphatic rings. The van der Waals surface area contributed by atoms with Crippen LogP contribution in [0.25, 0.3) is 0 Å². The molecule has 2 unspecified atom stereocenters. The summed E-state index contributed by atoms with van der Waals surface area (Å²) in [6.07, 6.45) is 9.85. The van der Waals surface area contributed by atoms with Gasteiger partial charge >= 0.3 is 0 Å². The Hall–Kier alpha value is -0.890. The van der Waals surface area contributed by atoms with Crippen LogP contribution in [0.1, 0.15) is 44.7 Å². The molecule has 0 radical (unpaired) electrons. The van der Waals surface area contributed by atoms with Gasteiger partial charge in [-0.05, 0) is 30.9 Å². The molecule has 2 nitrogen and oxygen atoms in total. The first kappa shape index (κ1) is 12.6. The first-order valence-corrected chi connectivity index (χ1v) is 7.03. The Bertz CT molecular complexity index is 310. The molecule has 1 N–H and O–H groups in total. The van der Waals surface area contributed by atoms with E-state index in [-0.39, 0.29) is 0 Å². The van der Waals surface area contributed by atoms with Crippen LogP contribution in [0, 0.1) is 5.92 Å². The monoisotopic (exact) mass is 232 g/mol. The van der Waals surface area contributed by atoms with Gasteiger partial charge in [0.2, 0.25) is 0 Å². The van der Waals surface area contributed by atoms with Crippen molar-refractivity contribution in [2.45, 2.75) is 51.5 Å². The number of hydrogen-bond donors (Lipinski definition) is 1.